The van der Waals surface area contributed by atoms with Crippen LogP contribution in [-0.4, -0.2) is 37.2 Å². The molecule has 0 bridgehead atoms. The molecule has 0 unspecified atom stereocenters. The van der Waals surface area contributed by atoms with E-state index < -0.39 is 0 Å². The van der Waals surface area contributed by atoms with E-state index >= 15 is 0 Å². The molecule has 0 N–H and O–H groups in total. The van der Waals surface area contributed by atoms with Gasteiger partial charge in [-0.05, 0) is 31.0 Å². The fourth-order valence-electron chi connectivity index (χ4n) is 2.51. The summed E-state index contributed by atoms with van der Waals surface area (Å²) in [7, 11) is 1.68. The monoisotopic (exact) mass is 311 g/mol. The van der Waals surface area contributed by atoms with Gasteiger partial charge in [-0.25, -0.2) is 0 Å². The molecular formula is C14H18BrNO2. The predicted molar refractivity (Wildman–Crippen MR) is 74.3 cm³/mol. The summed E-state index contributed by atoms with van der Waals surface area (Å²) in [6, 6.07) is 6.73. The molecule has 18 heavy (non-hydrogen) atoms. The fourth-order valence-corrected chi connectivity index (χ4v) is 2.85. The maximum absolute atomic E-state index is 5.99. The quantitative estimate of drug-likeness (QED) is 0.853. The Morgan fingerprint density at radius 1 is 1.22 bits per heavy atom. The summed E-state index contributed by atoms with van der Waals surface area (Å²) in [6.07, 6.45) is 4.45. The lowest BCUT2D eigenvalue weighted by Gasteiger charge is -2.47. The second-order valence-corrected chi connectivity index (χ2v) is 5.99. The van der Waals surface area contributed by atoms with Crippen LogP contribution >= 0.6 is 15.9 Å². The van der Waals surface area contributed by atoms with Gasteiger partial charge in [0.05, 0.1) is 7.11 Å². The number of hydrogen-bond acceptors (Lipinski definition) is 3. The first kappa shape index (κ1) is 12.3. The third-order valence-electron chi connectivity index (χ3n) is 3.89. The van der Waals surface area contributed by atoms with Gasteiger partial charge in [0, 0.05) is 23.6 Å². The summed E-state index contributed by atoms with van der Waals surface area (Å²) in [6.45, 7) is 2.12. The molecule has 1 aromatic carbocycles. The smallest absolute Gasteiger partial charge is 0.161 e. The summed E-state index contributed by atoms with van der Waals surface area (Å²) in [4.78, 5) is 2.53. The minimum Gasteiger partial charge on any atom is -0.493 e. The number of likely N-dealkylation sites (tertiary alicyclic amines) is 1. The van der Waals surface area contributed by atoms with Gasteiger partial charge in [-0.1, -0.05) is 22.4 Å². The summed E-state index contributed by atoms with van der Waals surface area (Å²) in [5, 5.41) is 0. The van der Waals surface area contributed by atoms with Crippen molar-refractivity contribution >= 4 is 15.9 Å². The van der Waals surface area contributed by atoms with E-state index in [0.29, 0.717) is 6.10 Å². The standard InChI is InChI=1S/C14H18BrNO2/c1-17-14-7-10(15)5-6-13(14)18-12-8-16(9-12)11-3-2-4-11/h5-7,11-12H,2-4,8-9H2,1H3. The third-order valence-corrected chi connectivity index (χ3v) is 4.38. The number of hydrogen-bond donors (Lipinski definition) is 0. The zero-order valence-electron chi connectivity index (χ0n) is 10.6. The fraction of sp³-hybridized carbons (Fsp3) is 0.571. The van der Waals surface area contributed by atoms with Crippen molar-refractivity contribution in [2.45, 2.75) is 31.4 Å². The van der Waals surface area contributed by atoms with Crippen molar-refractivity contribution in [3.63, 3.8) is 0 Å². The van der Waals surface area contributed by atoms with E-state index in [1.807, 2.05) is 18.2 Å². The van der Waals surface area contributed by atoms with Crippen molar-refractivity contribution in [1.82, 2.24) is 4.90 Å². The number of methoxy groups -OCH3 is 1. The lowest BCUT2D eigenvalue weighted by atomic mass is 9.89. The normalized spacial score (nSPS) is 21.2. The molecule has 1 aliphatic heterocycles. The van der Waals surface area contributed by atoms with Crippen LogP contribution in [0, 0.1) is 0 Å². The molecular weight excluding hydrogens is 294 g/mol. The number of ether oxygens (including phenoxy) is 2. The molecule has 4 heteroatoms. The summed E-state index contributed by atoms with van der Waals surface area (Å²) < 4.78 is 12.3. The van der Waals surface area contributed by atoms with Gasteiger partial charge in [0.25, 0.3) is 0 Å². The van der Waals surface area contributed by atoms with Gasteiger partial charge in [-0.2, -0.15) is 0 Å². The Morgan fingerprint density at radius 3 is 2.61 bits per heavy atom. The molecule has 1 aliphatic carbocycles. The summed E-state index contributed by atoms with van der Waals surface area (Å²) >= 11 is 3.44. The molecule has 0 aromatic heterocycles. The average molecular weight is 312 g/mol. The molecule has 0 radical (unpaired) electrons. The molecule has 1 heterocycles. The highest BCUT2D eigenvalue weighted by atomic mass is 79.9. The Morgan fingerprint density at radius 2 is 2.00 bits per heavy atom. The molecule has 1 aromatic rings. The second kappa shape index (κ2) is 5.10. The van der Waals surface area contributed by atoms with E-state index in [1.165, 1.54) is 19.3 Å². The van der Waals surface area contributed by atoms with Crippen LogP contribution in [0.25, 0.3) is 0 Å². The maximum Gasteiger partial charge on any atom is 0.161 e. The van der Waals surface area contributed by atoms with Crippen LogP contribution in [0.3, 0.4) is 0 Å². The van der Waals surface area contributed by atoms with Crippen LogP contribution in [0.1, 0.15) is 19.3 Å². The number of rotatable bonds is 4. The first-order chi connectivity index (χ1) is 8.76. The topological polar surface area (TPSA) is 21.7 Å². The highest BCUT2D eigenvalue weighted by molar-refractivity contribution is 9.10. The molecule has 2 fully saturated rings. The molecule has 1 saturated heterocycles. The van der Waals surface area contributed by atoms with E-state index in [4.69, 9.17) is 9.47 Å². The number of nitrogens with zero attached hydrogens (tertiary/aromatic N) is 1. The van der Waals surface area contributed by atoms with Crippen LogP contribution in [0.4, 0.5) is 0 Å². The van der Waals surface area contributed by atoms with Gasteiger partial charge < -0.3 is 9.47 Å². The van der Waals surface area contributed by atoms with Gasteiger partial charge in [0.2, 0.25) is 0 Å². The SMILES string of the molecule is COc1cc(Br)ccc1OC1CN(C2CCC2)C1. The van der Waals surface area contributed by atoms with Crippen molar-refractivity contribution in [3.05, 3.63) is 22.7 Å². The Labute approximate surface area is 116 Å². The number of halogens is 1. The van der Waals surface area contributed by atoms with Crippen molar-refractivity contribution in [2.24, 2.45) is 0 Å². The first-order valence-electron chi connectivity index (χ1n) is 6.50. The van der Waals surface area contributed by atoms with Crippen LogP contribution in [-0.2, 0) is 0 Å². The van der Waals surface area contributed by atoms with Crippen molar-refractivity contribution < 1.29 is 9.47 Å². The van der Waals surface area contributed by atoms with E-state index in [9.17, 15) is 0 Å². The predicted octanol–water partition coefficient (Wildman–Crippen LogP) is 3.07. The maximum atomic E-state index is 5.99. The van der Waals surface area contributed by atoms with Gasteiger partial charge in [0.1, 0.15) is 6.10 Å². The van der Waals surface area contributed by atoms with Crippen molar-refractivity contribution in [2.75, 3.05) is 20.2 Å². The van der Waals surface area contributed by atoms with E-state index in [1.54, 1.807) is 7.11 Å². The highest BCUT2D eigenvalue weighted by Crippen LogP contribution is 2.34. The van der Waals surface area contributed by atoms with E-state index in [2.05, 4.69) is 20.8 Å². The Hall–Kier alpha value is -0.740. The van der Waals surface area contributed by atoms with Crippen LogP contribution in [0.2, 0.25) is 0 Å². The Balaban J connectivity index is 1.57. The van der Waals surface area contributed by atoms with Gasteiger partial charge in [-0.3, -0.25) is 4.90 Å². The number of benzene rings is 1. The first-order valence-corrected chi connectivity index (χ1v) is 7.30. The molecule has 3 nitrogen and oxygen atoms in total. The molecule has 98 valence electrons. The largest absolute Gasteiger partial charge is 0.493 e. The molecule has 0 atom stereocenters. The zero-order chi connectivity index (χ0) is 12.5. The lowest BCUT2D eigenvalue weighted by molar-refractivity contribution is -0.0316. The summed E-state index contributed by atoms with van der Waals surface area (Å²) in [5.41, 5.74) is 0. The highest BCUT2D eigenvalue weighted by Gasteiger charge is 2.36. The Kier molecular flexibility index (Phi) is 3.48. The van der Waals surface area contributed by atoms with Crippen LogP contribution < -0.4 is 9.47 Å². The van der Waals surface area contributed by atoms with Gasteiger partial charge in [0.15, 0.2) is 11.5 Å². The van der Waals surface area contributed by atoms with Crippen LogP contribution in [0.5, 0.6) is 11.5 Å². The minimum atomic E-state index is 0.320. The minimum absolute atomic E-state index is 0.320. The zero-order valence-corrected chi connectivity index (χ0v) is 12.1. The van der Waals surface area contributed by atoms with E-state index in [-0.39, 0.29) is 0 Å². The van der Waals surface area contributed by atoms with Gasteiger partial charge >= 0.3 is 0 Å². The molecule has 1 saturated carbocycles. The van der Waals surface area contributed by atoms with Crippen molar-refractivity contribution in [1.29, 1.82) is 0 Å². The van der Waals surface area contributed by atoms with Crippen molar-refractivity contribution in [3.8, 4) is 11.5 Å². The summed E-state index contributed by atoms with van der Waals surface area (Å²) in [5.74, 6) is 1.64. The second-order valence-electron chi connectivity index (χ2n) is 5.07. The van der Waals surface area contributed by atoms with E-state index in [0.717, 1.165) is 35.1 Å². The molecule has 0 spiro atoms. The van der Waals surface area contributed by atoms with Crippen LogP contribution in [0.15, 0.2) is 22.7 Å². The Bertz CT molecular complexity index is 428. The lowest BCUT2D eigenvalue weighted by Crippen LogP contribution is -2.59. The average Bonchev–Trinajstić information content (AvgIpc) is 2.25. The van der Waals surface area contributed by atoms with Gasteiger partial charge in [-0.15, -0.1) is 0 Å². The third kappa shape index (κ3) is 2.36. The molecule has 2 aliphatic rings. The molecule has 0 amide bonds. The molecule has 3 rings (SSSR count).